The largest absolute Gasteiger partial charge is 0.236 e. The molecule has 15 heavy (non-hydrogen) atoms. The average Bonchev–Trinajstić information content (AvgIpc) is 2.68. The van der Waals surface area contributed by atoms with Crippen molar-refractivity contribution >= 4 is 11.0 Å². The second-order valence-corrected chi connectivity index (χ2v) is 4.40. The van der Waals surface area contributed by atoms with Crippen molar-refractivity contribution in [2.75, 3.05) is 0 Å². The number of fused-ring (bicyclic) bond motifs is 2. The predicted octanol–water partition coefficient (Wildman–Crippen LogP) is 2.74. The smallest absolute Gasteiger partial charge is 0.159 e. The van der Waals surface area contributed by atoms with Gasteiger partial charge in [-0.25, -0.2) is 9.97 Å². The first-order valence-electron chi connectivity index (χ1n) is 5.50. The molecule has 1 aliphatic rings. The van der Waals surface area contributed by atoms with Gasteiger partial charge in [-0.15, -0.1) is 0 Å². The van der Waals surface area contributed by atoms with E-state index in [1.165, 1.54) is 40.6 Å². The SMILES string of the molecule is Cc1cnc2nc3c(c(C)c2c1)CCC3. The van der Waals surface area contributed by atoms with Gasteiger partial charge in [0.2, 0.25) is 0 Å². The molecule has 0 amide bonds. The third-order valence-electron chi connectivity index (χ3n) is 3.29. The third-order valence-corrected chi connectivity index (χ3v) is 3.29. The Kier molecular flexibility index (Phi) is 1.78. The van der Waals surface area contributed by atoms with Gasteiger partial charge in [0.05, 0.1) is 0 Å². The summed E-state index contributed by atoms with van der Waals surface area (Å²) in [5.41, 5.74) is 6.26. The van der Waals surface area contributed by atoms with E-state index in [0.29, 0.717) is 0 Å². The fourth-order valence-electron chi connectivity index (χ4n) is 2.47. The van der Waals surface area contributed by atoms with E-state index in [-0.39, 0.29) is 0 Å². The summed E-state index contributed by atoms with van der Waals surface area (Å²) < 4.78 is 0. The van der Waals surface area contributed by atoms with Crippen LogP contribution in [0.4, 0.5) is 0 Å². The van der Waals surface area contributed by atoms with Crippen molar-refractivity contribution in [1.29, 1.82) is 0 Å². The predicted molar refractivity (Wildman–Crippen MR) is 61.0 cm³/mol. The maximum atomic E-state index is 4.65. The zero-order valence-electron chi connectivity index (χ0n) is 9.17. The monoisotopic (exact) mass is 198 g/mol. The van der Waals surface area contributed by atoms with E-state index in [0.717, 1.165) is 12.1 Å². The van der Waals surface area contributed by atoms with Crippen LogP contribution in [0.3, 0.4) is 0 Å². The summed E-state index contributed by atoms with van der Waals surface area (Å²) in [5.74, 6) is 0. The lowest BCUT2D eigenvalue weighted by molar-refractivity contribution is 0.899. The molecule has 0 saturated heterocycles. The van der Waals surface area contributed by atoms with E-state index < -0.39 is 0 Å². The first kappa shape index (κ1) is 8.84. The van der Waals surface area contributed by atoms with E-state index >= 15 is 0 Å². The van der Waals surface area contributed by atoms with Gasteiger partial charge in [-0.05, 0) is 55.9 Å². The van der Waals surface area contributed by atoms with Crippen LogP contribution in [-0.4, -0.2) is 9.97 Å². The molecule has 0 N–H and O–H groups in total. The molecule has 0 unspecified atom stereocenters. The van der Waals surface area contributed by atoms with Gasteiger partial charge in [-0.3, -0.25) is 0 Å². The Hall–Kier alpha value is -1.44. The Morgan fingerprint density at radius 1 is 1.20 bits per heavy atom. The molecule has 2 heteroatoms. The van der Waals surface area contributed by atoms with Crippen LogP contribution in [0.1, 0.15) is 28.8 Å². The molecule has 0 spiro atoms. The maximum Gasteiger partial charge on any atom is 0.159 e. The molecule has 2 aromatic heterocycles. The molecule has 0 bridgehead atoms. The molecule has 0 atom stereocenters. The molecule has 1 aliphatic carbocycles. The van der Waals surface area contributed by atoms with Crippen molar-refractivity contribution < 1.29 is 0 Å². The van der Waals surface area contributed by atoms with Gasteiger partial charge in [-0.1, -0.05) is 0 Å². The summed E-state index contributed by atoms with van der Waals surface area (Å²) in [6.45, 7) is 4.29. The second kappa shape index (κ2) is 3.02. The highest BCUT2D eigenvalue weighted by Gasteiger charge is 2.17. The Morgan fingerprint density at radius 2 is 2.07 bits per heavy atom. The minimum Gasteiger partial charge on any atom is -0.236 e. The topological polar surface area (TPSA) is 25.8 Å². The number of pyridine rings is 2. The summed E-state index contributed by atoms with van der Waals surface area (Å²) in [4.78, 5) is 9.05. The fourth-order valence-corrected chi connectivity index (χ4v) is 2.47. The Bertz CT molecular complexity index is 544. The minimum atomic E-state index is 0.916. The lowest BCUT2D eigenvalue weighted by Gasteiger charge is -2.07. The molecule has 2 nitrogen and oxygen atoms in total. The van der Waals surface area contributed by atoms with Gasteiger partial charge < -0.3 is 0 Å². The van der Waals surface area contributed by atoms with Crippen LogP contribution in [0, 0.1) is 13.8 Å². The molecule has 2 aromatic rings. The van der Waals surface area contributed by atoms with Crippen LogP contribution >= 0.6 is 0 Å². The van der Waals surface area contributed by atoms with Crippen molar-refractivity contribution in [2.24, 2.45) is 0 Å². The van der Waals surface area contributed by atoms with Crippen molar-refractivity contribution in [3.63, 3.8) is 0 Å². The van der Waals surface area contributed by atoms with Crippen LogP contribution in [0.25, 0.3) is 11.0 Å². The molecule has 0 saturated carbocycles. The van der Waals surface area contributed by atoms with E-state index in [9.17, 15) is 0 Å². The van der Waals surface area contributed by atoms with Gasteiger partial charge in [0.15, 0.2) is 5.65 Å². The number of aromatic nitrogens is 2. The van der Waals surface area contributed by atoms with Crippen molar-refractivity contribution in [3.8, 4) is 0 Å². The number of aryl methyl sites for hydroxylation is 3. The summed E-state index contributed by atoms with van der Waals surface area (Å²) in [5, 5.41) is 1.23. The number of nitrogens with zero attached hydrogens (tertiary/aromatic N) is 2. The van der Waals surface area contributed by atoms with Crippen LogP contribution in [-0.2, 0) is 12.8 Å². The fraction of sp³-hybridized carbons (Fsp3) is 0.385. The lowest BCUT2D eigenvalue weighted by Crippen LogP contribution is -1.96. The van der Waals surface area contributed by atoms with E-state index in [2.05, 4.69) is 29.9 Å². The summed E-state index contributed by atoms with van der Waals surface area (Å²) in [6.07, 6.45) is 5.47. The number of hydrogen-bond donors (Lipinski definition) is 0. The Balaban J connectivity index is 2.41. The second-order valence-electron chi connectivity index (χ2n) is 4.40. The molecular weight excluding hydrogens is 184 g/mol. The van der Waals surface area contributed by atoms with Crippen molar-refractivity contribution in [3.05, 3.63) is 34.6 Å². The van der Waals surface area contributed by atoms with E-state index in [1.807, 2.05) is 6.20 Å². The van der Waals surface area contributed by atoms with Crippen LogP contribution < -0.4 is 0 Å². The van der Waals surface area contributed by atoms with Crippen LogP contribution in [0.15, 0.2) is 12.3 Å². The standard InChI is InChI=1S/C13H14N2/c1-8-6-11-9(2)10-4-3-5-12(10)15-13(11)14-7-8/h6-7H,3-5H2,1-2H3. The minimum absolute atomic E-state index is 0.916. The van der Waals surface area contributed by atoms with E-state index in [1.54, 1.807) is 0 Å². The highest BCUT2D eigenvalue weighted by Crippen LogP contribution is 2.28. The number of rotatable bonds is 0. The molecule has 0 radical (unpaired) electrons. The van der Waals surface area contributed by atoms with Gasteiger partial charge in [0.25, 0.3) is 0 Å². The molecule has 76 valence electrons. The third kappa shape index (κ3) is 1.24. The molecule has 2 heterocycles. The molecule has 0 aliphatic heterocycles. The first-order valence-corrected chi connectivity index (χ1v) is 5.50. The Labute approximate surface area is 89.4 Å². The zero-order chi connectivity index (χ0) is 10.4. The quantitative estimate of drug-likeness (QED) is 0.650. The molecule has 3 rings (SSSR count). The van der Waals surface area contributed by atoms with Crippen molar-refractivity contribution in [2.45, 2.75) is 33.1 Å². The van der Waals surface area contributed by atoms with Gasteiger partial charge >= 0.3 is 0 Å². The normalized spacial score (nSPS) is 14.5. The van der Waals surface area contributed by atoms with Gasteiger partial charge in [0, 0.05) is 17.3 Å². The highest BCUT2D eigenvalue weighted by atomic mass is 14.8. The van der Waals surface area contributed by atoms with Gasteiger partial charge in [-0.2, -0.15) is 0 Å². The maximum absolute atomic E-state index is 4.65. The molecule has 0 fully saturated rings. The summed E-state index contributed by atoms with van der Waals surface area (Å²) in [6, 6.07) is 2.20. The van der Waals surface area contributed by atoms with E-state index in [4.69, 9.17) is 0 Å². The van der Waals surface area contributed by atoms with Gasteiger partial charge in [0.1, 0.15) is 0 Å². The van der Waals surface area contributed by atoms with Crippen molar-refractivity contribution in [1.82, 2.24) is 9.97 Å². The van der Waals surface area contributed by atoms with Crippen LogP contribution in [0.2, 0.25) is 0 Å². The number of hydrogen-bond acceptors (Lipinski definition) is 2. The molecule has 0 aromatic carbocycles. The first-order chi connectivity index (χ1) is 7.25. The Morgan fingerprint density at radius 3 is 2.93 bits per heavy atom. The summed E-state index contributed by atoms with van der Waals surface area (Å²) >= 11 is 0. The van der Waals surface area contributed by atoms with Crippen LogP contribution in [0.5, 0.6) is 0 Å². The lowest BCUT2D eigenvalue weighted by atomic mass is 10.0. The zero-order valence-corrected chi connectivity index (χ0v) is 9.17. The summed E-state index contributed by atoms with van der Waals surface area (Å²) in [7, 11) is 0. The highest BCUT2D eigenvalue weighted by molar-refractivity contribution is 5.81. The molecular formula is C13H14N2. The average molecular weight is 198 g/mol.